The maximum Gasteiger partial charge on any atom is 0.416 e. The summed E-state index contributed by atoms with van der Waals surface area (Å²) in [5.41, 5.74) is 0.355. The van der Waals surface area contributed by atoms with Gasteiger partial charge in [-0.15, -0.1) is 0 Å². The Kier molecular flexibility index (Phi) is 3.76. The van der Waals surface area contributed by atoms with Gasteiger partial charge in [-0.1, -0.05) is 0 Å². The first-order valence-electron chi connectivity index (χ1n) is 6.12. The fraction of sp³-hybridized carbons (Fsp3) is 0.286. The molecule has 0 unspecified atom stereocenters. The summed E-state index contributed by atoms with van der Waals surface area (Å²) in [5, 5.41) is 11.3. The van der Waals surface area contributed by atoms with Gasteiger partial charge in [0.05, 0.1) is 29.0 Å². The van der Waals surface area contributed by atoms with Crippen LogP contribution in [0.2, 0.25) is 0 Å². The first-order valence-corrected chi connectivity index (χ1v) is 6.12. The highest BCUT2D eigenvalue weighted by Gasteiger charge is 2.31. The molecule has 1 aromatic carbocycles. The number of pyridine rings is 1. The zero-order chi connectivity index (χ0) is 15.8. The first-order chi connectivity index (χ1) is 9.68. The summed E-state index contributed by atoms with van der Waals surface area (Å²) in [4.78, 5) is 15.1. The van der Waals surface area contributed by atoms with Crippen LogP contribution in [0.25, 0.3) is 10.9 Å². The largest absolute Gasteiger partial charge is 0.550 e. The van der Waals surface area contributed by atoms with E-state index >= 15 is 0 Å². The van der Waals surface area contributed by atoms with Crippen molar-refractivity contribution in [2.75, 3.05) is 19.0 Å². The van der Waals surface area contributed by atoms with E-state index in [1.54, 1.807) is 25.1 Å². The van der Waals surface area contributed by atoms with E-state index in [2.05, 4.69) is 4.98 Å². The van der Waals surface area contributed by atoms with E-state index < -0.39 is 24.1 Å². The molecular weight excluding hydrogens is 285 g/mol. The molecule has 21 heavy (non-hydrogen) atoms. The maximum atomic E-state index is 12.8. The highest BCUT2D eigenvalue weighted by Crippen LogP contribution is 2.32. The normalized spacial score (nSPS) is 11.7. The molecule has 0 aliphatic carbocycles. The Bertz CT molecular complexity index is 696. The van der Waals surface area contributed by atoms with Crippen molar-refractivity contribution in [3.63, 3.8) is 0 Å². The van der Waals surface area contributed by atoms with E-state index in [1.165, 1.54) is 6.07 Å². The Hall–Kier alpha value is -2.31. The van der Waals surface area contributed by atoms with Crippen molar-refractivity contribution in [1.29, 1.82) is 0 Å². The summed E-state index contributed by atoms with van der Waals surface area (Å²) >= 11 is 0. The zero-order valence-corrected chi connectivity index (χ0v) is 11.4. The van der Waals surface area contributed by atoms with Crippen molar-refractivity contribution in [3.8, 4) is 0 Å². The Labute approximate surface area is 118 Å². The number of halogens is 3. The molecule has 0 fully saturated rings. The smallest absolute Gasteiger partial charge is 0.416 e. The van der Waals surface area contributed by atoms with Gasteiger partial charge in [-0.2, -0.15) is 13.2 Å². The number of alkyl halides is 3. The molecule has 1 aromatic heterocycles. The van der Waals surface area contributed by atoms with E-state index in [1.807, 2.05) is 0 Å². The lowest BCUT2D eigenvalue weighted by atomic mass is 10.1. The van der Waals surface area contributed by atoms with E-state index in [9.17, 15) is 23.1 Å². The SMILES string of the molecule is CN(C)c1cc(CC(=O)[O-])[nH+]c2cc(C(F)(F)F)ccc12. The molecule has 0 aliphatic rings. The molecule has 0 spiro atoms. The molecule has 0 radical (unpaired) electrons. The summed E-state index contributed by atoms with van der Waals surface area (Å²) < 4.78 is 38.3. The molecule has 0 amide bonds. The number of H-pyrrole nitrogens is 1. The molecule has 0 bridgehead atoms. The number of hydrogen-bond acceptors (Lipinski definition) is 3. The van der Waals surface area contributed by atoms with Gasteiger partial charge in [0, 0.05) is 26.2 Å². The molecule has 2 rings (SSSR count). The number of aliphatic carboxylic acids is 1. The molecule has 0 saturated heterocycles. The summed E-state index contributed by atoms with van der Waals surface area (Å²) in [5.74, 6) is -1.30. The van der Waals surface area contributed by atoms with Crippen molar-refractivity contribution >= 4 is 22.6 Å². The second-order valence-corrected chi connectivity index (χ2v) is 4.88. The Morgan fingerprint density at radius 1 is 1.29 bits per heavy atom. The minimum atomic E-state index is -4.45. The number of benzene rings is 1. The Morgan fingerprint density at radius 2 is 1.95 bits per heavy atom. The van der Waals surface area contributed by atoms with E-state index in [-0.39, 0.29) is 11.2 Å². The van der Waals surface area contributed by atoms with Gasteiger partial charge in [-0.05, 0) is 12.1 Å². The molecule has 1 heterocycles. The summed E-state index contributed by atoms with van der Waals surface area (Å²) in [6.45, 7) is 0. The van der Waals surface area contributed by atoms with Gasteiger partial charge in [0.2, 0.25) is 5.52 Å². The van der Waals surface area contributed by atoms with Gasteiger partial charge in [0.25, 0.3) is 0 Å². The number of carbonyl (C=O) groups excluding carboxylic acids is 1. The number of carbonyl (C=O) groups is 1. The van der Waals surface area contributed by atoms with Crippen LogP contribution in [0.5, 0.6) is 0 Å². The minimum absolute atomic E-state index is 0.229. The lowest BCUT2D eigenvalue weighted by Crippen LogP contribution is -2.28. The van der Waals surface area contributed by atoms with Crippen LogP contribution in [0.3, 0.4) is 0 Å². The van der Waals surface area contributed by atoms with Crippen LogP contribution in [-0.4, -0.2) is 20.1 Å². The third kappa shape index (κ3) is 3.24. The monoisotopic (exact) mass is 298 g/mol. The number of nitrogens with zero attached hydrogens (tertiary/aromatic N) is 1. The first kappa shape index (κ1) is 15.1. The molecule has 0 saturated carbocycles. The van der Waals surface area contributed by atoms with Gasteiger partial charge in [-0.3, -0.25) is 0 Å². The quantitative estimate of drug-likeness (QED) is 0.850. The second kappa shape index (κ2) is 5.23. The molecule has 2 aromatic rings. The fourth-order valence-corrected chi connectivity index (χ4v) is 2.12. The summed E-state index contributed by atoms with van der Waals surface area (Å²) in [7, 11) is 3.46. The summed E-state index contributed by atoms with van der Waals surface area (Å²) in [6, 6.07) is 4.93. The van der Waals surface area contributed by atoms with Gasteiger partial charge < -0.3 is 14.8 Å². The molecule has 0 aliphatic heterocycles. The molecule has 0 atom stereocenters. The van der Waals surface area contributed by atoms with Crippen molar-refractivity contribution in [2.45, 2.75) is 12.6 Å². The van der Waals surface area contributed by atoms with Crippen LogP contribution in [0.4, 0.5) is 18.9 Å². The van der Waals surface area contributed by atoms with Crippen LogP contribution in [0.1, 0.15) is 11.3 Å². The fourth-order valence-electron chi connectivity index (χ4n) is 2.12. The highest BCUT2D eigenvalue weighted by atomic mass is 19.4. The predicted octanol–water partition coefficient (Wildman–Crippen LogP) is 1.03. The lowest BCUT2D eigenvalue weighted by Gasteiger charge is -2.15. The number of nitrogens with one attached hydrogen (secondary N) is 1. The number of anilines is 1. The van der Waals surface area contributed by atoms with Crippen LogP contribution in [-0.2, 0) is 17.4 Å². The number of hydrogen-bond donors (Lipinski definition) is 0. The average Bonchev–Trinajstić information content (AvgIpc) is 2.35. The molecule has 112 valence electrons. The number of carboxylic acid groups (broad SMARTS) is 1. The van der Waals surface area contributed by atoms with Gasteiger partial charge in [0.15, 0.2) is 5.69 Å². The average molecular weight is 298 g/mol. The number of carboxylic acids is 1. The lowest BCUT2D eigenvalue weighted by molar-refractivity contribution is -0.361. The third-order valence-electron chi connectivity index (χ3n) is 3.05. The van der Waals surface area contributed by atoms with Crippen LogP contribution >= 0.6 is 0 Å². The van der Waals surface area contributed by atoms with Crippen molar-refractivity contribution in [1.82, 2.24) is 0 Å². The van der Waals surface area contributed by atoms with Crippen molar-refractivity contribution < 1.29 is 28.1 Å². The Balaban J connectivity index is 2.68. The van der Waals surface area contributed by atoms with E-state index in [0.29, 0.717) is 11.1 Å². The second-order valence-electron chi connectivity index (χ2n) is 4.88. The number of fused-ring (bicyclic) bond motifs is 1. The van der Waals surface area contributed by atoms with Crippen LogP contribution in [0, 0.1) is 0 Å². The summed E-state index contributed by atoms with van der Waals surface area (Å²) in [6.07, 6.45) is -4.85. The predicted molar refractivity (Wildman–Crippen MR) is 68.5 cm³/mol. The molecular formula is C14H13F3N2O2. The molecule has 7 heteroatoms. The zero-order valence-electron chi connectivity index (χ0n) is 11.4. The standard InChI is InChI=1S/C14H13F3N2O2/c1-19(2)12-6-9(7-13(20)21)18-11-5-8(14(15,16)17)3-4-10(11)12/h3-6H,7H2,1-2H3,(H,20,21). The van der Waals surface area contributed by atoms with Crippen molar-refractivity contribution in [2.24, 2.45) is 0 Å². The topological polar surface area (TPSA) is 57.5 Å². The van der Waals surface area contributed by atoms with Gasteiger partial charge in [-0.25, -0.2) is 4.98 Å². The number of aromatic amines is 1. The number of rotatable bonds is 3. The van der Waals surface area contributed by atoms with Crippen LogP contribution in [0.15, 0.2) is 24.3 Å². The molecule has 1 N–H and O–H groups in total. The van der Waals surface area contributed by atoms with Gasteiger partial charge in [0.1, 0.15) is 0 Å². The van der Waals surface area contributed by atoms with E-state index in [4.69, 9.17) is 0 Å². The molecule has 4 nitrogen and oxygen atoms in total. The van der Waals surface area contributed by atoms with E-state index in [0.717, 1.165) is 12.1 Å². The number of aromatic nitrogens is 1. The minimum Gasteiger partial charge on any atom is -0.550 e. The third-order valence-corrected chi connectivity index (χ3v) is 3.05. The van der Waals surface area contributed by atoms with Crippen molar-refractivity contribution in [3.05, 3.63) is 35.5 Å². The maximum absolute atomic E-state index is 12.8. The van der Waals surface area contributed by atoms with Gasteiger partial charge >= 0.3 is 6.18 Å². The highest BCUT2D eigenvalue weighted by molar-refractivity contribution is 5.90. The van der Waals surface area contributed by atoms with Crippen LogP contribution < -0.4 is 15.0 Å². The Morgan fingerprint density at radius 3 is 2.48 bits per heavy atom.